The molecule has 4 rings (SSSR count). The number of fused-ring (bicyclic) bond motifs is 1. The predicted molar refractivity (Wildman–Crippen MR) is 110 cm³/mol. The molecule has 0 radical (unpaired) electrons. The summed E-state index contributed by atoms with van der Waals surface area (Å²) in [7, 11) is 1.79. The van der Waals surface area contributed by atoms with Crippen molar-refractivity contribution in [1.82, 2.24) is 30.0 Å². The van der Waals surface area contributed by atoms with Gasteiger partial charge >= 0.3 is 0 Å². The minimum Gasteiger partial charge on any atom is -0.317 e. The zero-order valence-electron chi connectivity index (χ0n) is 16.4. The molecule has 0 spiro atoms. The summed E-state index contributed by atoms with van der Waals surface area (Å²) >= 11 is 0. The van der Waals surface area contributed by atoms with Gasteiger partial charge in [-0.15, -0.1) is 0 Å². The maximum absolute atomic E-state index is 12.3. The van der Waals surface area contributed by atoms with Gasteiger partial charge in [-0.25, -0.2) is 9.67 Å². The molecule has 1 aromatic carbocycles. The number of aromatic nitrogens is 5. The van der Waals surface area contributed by atoms with Gasteiger partial charge < -0.3 is 10.3 Å². The Morgan fingerprint density at radius 2 is 2.03 bits per heavy atom. The first kappa shape index (κ1) is 19.3. The Hall–Kier alpha value is -3.07. The lowest BCUT2D eigenvalue weighted by molar-refractivity contribution is -0.116. The number of rotatable bonds is 6. The normalized spacial score (nSPS) is 14.9. The Labute approximate surface area is 168 Å². The number of carbonyl (C=O) groups excluding carboxylic acids is 1. The second-order valence-electron chi connectivity index (χ2n) is 7.37. The molecule has 0 bridgehead atoms. The van der Waals surface area contributed by atoms with Gasteiger partial charge in [0, 0.05) is 25.8 Å². The Morgan fingerprint density at radius 1 is 1.24 bits per heavy atom. The molecule has 9 heteroatoms. The van der Waals surface area contributed by atoms with Crippen molar-refractivity contribution in [2.75, 3.05) is 18.4 Å². The molecule has 2 aromatic heterocycles. The van der Waals surface area contributed by atoms with E-state index in [1.165, 1.54) is 0 Å². The molecule has 29 heavy (non-hydrogen) atoms. The van der Waals surface area contributed by atoms with E-state index in [2.05, 4.69) is 30.7 Å². The molecule has 3 aromatic rings. The van der Waals surface area contributed by atoms with Crippen molar-refractivity contribution >= 4 is 22.8 Å². The van der Waals surface area contributed by atoms with Crippen LogP contribution in [-0.2, 0) is 18.3 Å². The van der Waals surface area contributed by atoms with Gasteiger partial charge in [0.2, 0.25) is 11.9 Å². The molecule has 1 aliphatic rings. The van der Waals surface area contributed by atoms with Crippen molar-refractivity contribution < 1.29 is 4.79 Å². The van der Waals surface area contributed by atoms with Crippen LogP contribution in [0.25, 0.3) is 10.9 Å². The highest BCUT2D eigenvalue weighted by molar-refractivity contribution is 5.88. The number of carbonyl (C=O) groups is 1. The van der Waals surface area contributed by atoms with E-state index in [4.69, 9.17) is 0 Å². The Bertz CT molecular complexity index is 1070. The van der Waals surface area contributed by atoms with Gasteiger partial charge in [0.05, 0.1) is 10.9 Å². The summed E-state index contributed by atoms with van der Waals surface area (Å²) in [5.74, 6) is 2.07. The number of piperidine rings is 1. The first-order valence-corrected chi connectivity index (χ1v) is 9.99. The van der Waals surface area contributed by atoms with Crippen LogP contribution < -0.4 is 16.2 Å². The number of anilines is 1. The van der Waals surface area contributed by atoms with Crippen LogP contribution in [-0.4, -0.2) is 43.7 Å². The Balaban J connectivity index is 1.32. The molecule has 3 N–H and O–H groups in total. The summed E-state index contributed by atoms with van der Waals surface area (Å²) in [5, 5.41) is 11.2. The number of nitrogens with one attached hydrogen (secondary N) is 3. The summed E-state index contributed by atoms with van der Waals surface area (Å²) in [6.07, 6.45) is 3.42. The molecule has 1 saturated heterocycles. The van der Waals surface area contributed by atoms with E-state index in [1.807, 2.05) is 18.2 Å². The molecule has 3 heterocycles. The highest BCUT2D eigenvalue weighted by Crippen LogP contribution is 2.23. The molecule has 0 aliphatic carbocycles. The van der Waals surface area contributed by atoms with E-state index < -0.39 is 0 Å². The molecular weight excluding hydrogens is 370 g/mol. The monoisotopic (exact) mass is 395 g/mol. The highest BCUT2D eigenvalue weighted by atomic mass is 16.1. The molecule has 152 valence electrons. The largest absolute Gasteiger partial charge is 0.317 e. The molecule has 1 amide bonds. The zero-order valence-corrected chi connectivity index (χ0v) is 16.4. The third-order valence-corrected chi connectivity index (χ3v) is 5.21. The Morgan fingerprint density at radius 3 is 2.86 bits per heavy atom. The molecule has 0 unspecified atom stereocenters. The molecule has 1 fully saturated rings. The second-order valence-corrected chi connectivity index (χ2v) is 7.37. The summed E-state index contributed by atoms with van der Waals surface area (Å²) in [6.45, 7) is 1.94. The predicted octanol–water partition coefficient (Wildman–Crippen LogP) is 1.48. The van der Waals surface area contributed by atoms with Crippen LogP contribution in [0, 0.1) is 0 Å². The van der Waals surface area contributed by atoms with Crippen molar-refractivity contribution in [3.8, 4) is 0 Å². The SMILES string of the molecule is Cn1nc(C2CCNCC2)nc1NC(=O)CCCc1nc2ccccc2c(=O)[nH]1. The van der Waals surface area contributed by atoms with Gasteiger partial charge in [-0.05, 0) is 44.5 Å². The smallest absolute Gasteiger partial charge is 0.258 e. The lowest BCUT2D eigenvalue weighted by Crippen LogP contribution is -2.27. The van der Waals surface area contributed by atoms with Crippen molar-refractivity contribution in [1.29, 1.82) is 0 Å². The van der Waals surface area contributed by atoms with Crippen molar-refractivity contribution in [2.24, 2.45) is 7.05 Å². The van der Waals surface area contributed by atoms with E-state index in [9.17, 15) is 9.59 Å². The maximum Gasteiger partial charge on any atom is 0.258 e. The molecule has 0 atom stereocenters. The molecule has 1 aliphatic heterocycles. The third-order valence-electron chi connectivity index (χ3n) is 5.21. The minimum absolute atomic E-state index is 0.125. The van der Waals surface area contributed by atoms with Gasteiger partial charge in [-0.2, -0.15) is 10.1 Å². The fraction of sp³-hybridized carbons (Fsp3) is 0.450. The number of para-hydroxylation sites is 1. The third kappa shape index (κ3) is 4.51. The van der Waals surface area contributed by atoms with Crippen molar-refractivity contribution in [3.05, 3.63) is 46.3 Å². The van der Waals surface area contributed by atoms with Gasteiger partial charge in [0.25, 0.3) is 5.56 Å². The quantitative estimate of drug-likeness (QED) is 0.582. The van der Waals surface area contributed by atoms with E-state index in [1.54, 1.807) is 17.8 Å². The second kappa shape index (κ2) is 8.52. The first-order valence-electron chi connectivity index (χ1n) is 9.99. The van der Waals surface area contributed by atoms with E-state index in [0.717, 1.165) is 31.8 Å². The average Bonchev–Trinajstić information content (AvgIpc) is 3.09. The van der Waals surface area contributed by atoms with Crippen LogP contribution in [0.5, 0.6) is 0 Å². The minimum atomic E-state index is -0.153. The fourth-order valence-electron chi connectivity index (χ4n) is 3.62. The maximum atomic E-state index is 12.3. The highest BCUT2D eigenvalue weighted by Gasteiger charge is 2.21. The van der Waals surface area contributed by atoms with Crippen LogP contribution in [0.2, 0.25) is 0 Å². The lowest BCUT2D eigenvalue weighted by atomic mass is 9.98. The fourth-order valence-corrected chi connectivity index (χ4v) is 3.62. The summed E-state index contributed by atoms with van der Waals surface area (Å²) in [5.41, 5.74) is 0.514. The summed E-state index contributed by atoms with van der Waals surface area (Å²) in [4.78, 5) is 36.2. The average molecular weight is 395 g/mol. The molecule has 9 nitrogen and oxygen atoms in total. The summed E-state index contributed by atoms with van der Waals surface area (Å²) < 4.78 is 1.62. The first-order chi connectivity index (χ1) is 14.1. The Kier molecular flexibility index (Phi) is 5.66. The van der Waals surface area contributed by atoms with Gasteiger partial charge in [0.15, 0.2) is 5.82 Å². The standard InChI is InChI=1S/C20H25N7O2/c1-27-20(25-18(26-27)13-9-11-21-12-10-13)24-17(28)8-4-7-16-22-15-6-3-2-5-14(15)19(29)23-16/h2-3,5-6,13,21H,4,7-12H2,1H3,(H,22,23,29)(H,24,25,26,28). The van der Waals surface area contributed by atoms with Gasteiger partial charge in [0.1, 0.15) is 5.82 Å². The van der Waals surface area contributed by atoms with Crippen molar-refractivity contribution in [2.45, 2.75) is 38.0 Å². The number of benzene rings is 1. The lowest BCUT2D eigenvalue weighted by Gasteiger charge is -2.19. The topological polar surface area (TPSA) is 118 Å². The number of nitrogens with zero attached hydrogens (tertiary/aromatic N) is 4. The van der Waals surface area contributed by atoms with Crippen LogP contribution in [0.4, 0.5) is 5.95 Å². The van der Waals surface area contributed by atoms with Crippen LogP contribution in [0.1, 0.15) is 43.3 Å². The summed E-state index contributed by atoms with van der Waals surface area (Å²) in [6, 6.07) is 7.23. The van der Waals surface area contributed by atoms with Crippen LogP contribution in [0.3, 0.4) is 0 Å². The van der Waals surface area contributed by atoms with E-state index in [-0.39, 0.29) is 11.5 Å². The van der Waals surface area contributed by atoms with Gasteiger partial charge in [-0.1, -0.05) is 12.1 Å². The van der Waals surface area contributed by atoms with Crippen LogP contribution >= 0.6 is 0 Å². The zero-order chi connectivity index (χ0) is 20.2. The van der Waals surface area contributed by atoms with Crippen molar-refractivity contribution in [3.63, 3.8) is 0 Å². The number of amides is 1. The number of aryl methyl sites for hydroxylation is 2. The molecular formula is C20H25N7O2. The van der Waals surface area contributed by atoms with E-state index >= 15 is 0 Å². The number of aromatic amines is 1. The number of hydrogen-bond donors (Lipinski definition) is 3. The molecule has 0 saturated carbocycles. The van der Waals surface area contributed by atoms with Crippen LogP contribution in [0.15, 0.2) is 29.1 Å². The number of H-pyrrole nitrogens is 1. The van der Waals surface area contributed by atoms with Gasteiger partial charge in [-0.3, -0.25) is 14.9 Å². The van der Waals surface area contributed by atoms with E-state index in [0.29, 0.717) is 47.9 Å². The number of hydrogen-bond acceptors (Lipinski definition) is 6.